The van der Waals surface area contributed by atoms with Gasteiger partial charge in [-0.3, -0.25) is 14.5 Å². The van der Waals surface area contributed by atoms with Crippen LogP contribution in [0.3, 0.4) is 0 Å². The maximum absolute atomic E-state index is 13.6. The van der Waals surface area contributed by atoms with Crippen molar-refractivity contribution >= 4 is 28.7 Å². The van der Waals surface area contributed by atoms with Gasteiger partial charge in [0.2, 0.25) is 12.3 Å². The van der Waals surface area contributed by atoms with Gasteiger partial charge in [0.15, 0.2) is 0 Å². The number of carbonyl (C=O) groups is 2. The third-order valence-corrected chi connectivity index (χ3v) is 7.71. The van der Waals surface area contributed by atoms with Crippen molar-refractivity contribution in [1.29, 1.82) is 0 Å². The Bertz CT molecular complexity index is 1120. The Morgan fingerprint density at radius 3 is 2.73 bits per heavy atom. The van der Waals surface area contributed by atoms with Gasteiger partial charge in [0, 0.05) is 19.6 Å². The predicted molar refractivity (Wildman–Crippen MR) is 129 cm³/mol. The number of likely N-dealkylation sites (N-methyl/N-ethyl adjacent to an activating group) is 1. The minimum Gasteiger partial charge on any atom is -0.496 e. The molecule has 8 heteroatoms. The molecule has 0 atom stereocenters. The molecule has 1 aromatic carbocycles. The van der Waals surface area contributed by atoms with Crippen LogP contribution in [0, 0.1) is 12.8 Å². The Morgan fingerprint density at radius 2 is 2.09 bits per heavy atom. The molecule has 0 bridgehead atoms. The van der Waals surface area contributed by atoms with E-state index in [0.717, 1.165) is 46.0 Å². The lowest BCUT2D eigenvalue weighted by atomic mass is 9.81. The minimum absolute atomic E-state index is 0.0405. The Labute approximate surface area is 198 Å². The Morgan fingerprint density at radius 1 is 1.33 bits per heavy atom. The maximum atomic E-state index is 13.6. The number of anilines is 1. The van der Waals surface area contributed by atoms with Crippen molar-refractivity contribution in [3.05, 3.63) is 53.4 Å². The Balaban J connectivity index is 1.66. The minimum atomic E-state index is -0.257. The number of aromatic nitrogens is 1. The highest BCUT2D eigenvalue weighted by Crippen LogP contribution is 2.42. The van der Waals surface area contributed by atoms with E-state index >= 15 is 0 Å². The van der Waals surface area contributed by atoms with E-state index in [0.29, 0.717) is 30.3 Å². The van der Waals surface area contributed by atoms with Crippen molar-refractivity contribution in [3.63, 3.8) is 0 Å². The molecule has 4 rings (SSSR count). The summed E-state index contributed by atoms with van der Waals surface area (Å²) in [5.74, 6) is 1.59. The quantitative estimate of drug-likeness (QED) is 0.421. The number of amides is 2. The number of imide groups is 1. The van der Waals surface area contributed by atoms with Gasteiger partial charge in [-0.1, -0.05) is 25.1 Å². The number of carbonyl (C=O) groups excluding carboxylic acids is 2. The molecule has 1 saturated carbocycles. The van der Waals surface area contributed by atoms with Gasteiger partial charge in [-0.15, -0.1) is 11.3 Å². The van der Waals surface area contributed by atoms with E-state index in [9.17, 15) is 9.59 Å². The fourth-order valence-corrected chi connectivity index (χ4v) is 5.60. The van der Waals surface area contributed by atoms with Crippen molar-refractivity contribution < 1.29 is 18.7 Å². The molecule has 0 saturated heterocycles. The van der Waals surface area contributed by atoms with Crippen molar-refractivity contribution in [2.24, 2.45) is 5.92 Å². The van der Waals surface area contributed by atoms with Crippen LogP contribution in [0.15, 0.2) is 41.1 Å². The molecule has 1 fully saturated rings. The number of methoxy groups -OCH3 is 1. The first-order valence-electron chi connectivity index (χ1n) is 11.1. The lowest BCUT2D eigenvalue weighted by Gasteiger charge is -2.38. The maximum Gasteiger partial charge on any atom is 0.263 e. The van der Waals surface area contributed by atoms with Crippen LogP contribution in [0.2, 0.25) is 0 Å². The summed E-state index contributed by atoms with van der Waals surface area (Å²) in [6.45, 7) is 4.71. The monoisotopic (exact) mass is 467 g/mol. The van der Waals surface area contributed by atoms with E-state index in [-0.39, 0.29) is 11.9 Å². The summed E-state index contributed by atoms with van der Waals surface area (Å²) in [4.78, 5) is 34.1. The van der Waals surface area contributed by atoms with E-state index in [2.05, 4.69) is 16.8 Å². The first kappa shape index (κ1) is 23.0. The molecule has 0 N–H and O–H groups in total. The smallest absolute Gasteiger partial charge is 0.263 e. The number of thiophene rings is 1. The van der Waals surface area contributed by atoms with E-state index in [1.807, 2.05) is 38.2 Å². The summed E-state index contributed by atoms with van der Waals surface area (Å²) in [6, 6.07) is 7.89. The summed E-state index contributed by atoms with van der Waals surface area (Å²) < 4.78 is 11.0. The van der Waals surface area contributed by atoms with Crippen LogP contribution < -0.4 is 9.64 Å². The molecule has 7 nitrogen and oxygen atoms in total. The van der Waals surface area contributed by atoms with Gasteiger partial charge < -0.3 is 14.1 Å². The number of hydrogen-bond acceptors (Lipinski definition) is 7. The fourth-order valence-electron chi connectivity index (χ4n) is 4.37. The second-order valence-corrected chi connectivity index (χ2v) is 9.60. The zero-order valence-corrected chi connectivity index (χ0v) is 20.2. The summed E-state index contributed by atoms with van der Waals surface area (Å²) in [5, 5.41) is 0.805. The van der Waals surface area contributed by atoms with E-state index in [1.54, 1.807) is 13.3 Å². The molecule has 33 heavy (non-hydrogen) atoms. The van der Waals surface area contributed by atoms with Gasteiger partial charge in [-0.2, -0.15) is 0 Å². The second-order valence-electron chi connectivity index (χ2n) is 8.61. The molecule has 2 amide bonds. The van der Waals surface area contributed by atoms with Gasteiger partial charge in [-0.05, 0) is 49.3 Å². The average Bonchev–Trinajstić information content (AvgIpc) is 3.44. The number of benzene rings is 1. The predicted octanol–water partition coefficient (Wildman–Crippen LogP) is 4.80. The van der Waals surface area contributed by atoms with Gasteiger partial charge in [0.1, 0.15) is 17.0 Å². The fraction of sp³-hybridized carbons (Fsp3) is 0.400. The molecular weight excluding hydrogens is 438 g/mol. The Kier molecular flexibility index (Phi) is 6.83. The molecule has 1 aliphatic rings. The number of nitrogens with zero attached hydrogens (tertiary/aromatic N) is 3. The van der Waals surface area contributed by atoms with Crippen molar-refractivity contribution in [1.82, 2.24) is 9.88 Å². The third kappa shape index (κ3) is 4.53. The molecule has 0 spiro atoms. The van der Waals surface area contributed by atoms with Crippen LogP contribution in [-0.4, -0.2) is 48.9 Å². The van der Waals surface area contributed by atoms with Crippen LogP contribution >= 0.6 is 11.3 Å². The number of oxazole rings is 1. The first-order chi connectivity index (χ1) is 15.9. The third-order valence-electron chi connectivity index (χ3n) is 6.31. The highest BCUT2D eigenvalue weighted by molar-refractivity contribution is 7.20. The summed E-state index contributed by atoms with van der Waals surface area (Å²) in [5.41, 5.74) is 2.42. The highest BCUT2D eigenvalue weighted by atomic mass is 32.1. The van der Waals surface area contributed by atoms with Crippen LogP contribution in [0.25, 0.3) is 10.8 Å². The topological polar surface area (TPSA) is 75.9 Å². The van der Waals surface area contributed by atoms with Crippen LogP contribution in [0.5, 0.6) is 5.75 Å². The number of hydrogen-bond donors (Lipinski definition) is 0. The zero-order chi connectivity index (χ0) is 23.5. The largest absolute Gasteiger partial charge is 0.496 e. The molecule has 3 aromatic rings. The van der Waals surface area contributed by atoms with Gasteiger partial charge in [-0.25, -0.2) is 4.98 Å². The van der Waals surface area contributed by atoms with Crippen molar-refractivity contribution in [3.8, 4) is 16.5 Å². The van der Waals surface area contributed by atoms with Crippen molar-refractivity contribution in [2.45, 2.75) is 39.2 Å². The first-order valence-corrected chi connectivity index (χ1v) is 11.9. The summed E-state index contributed by atoms with van der Waals surface area (Å²) >= 11 is 1.47. The van der Waals surface area contributed by atoms with Crippen LogP contribution in [-0.2, 0) is 11.2 Å². The van der Waals surface area contributed by atoms with Gasteiger partial charge >= 0.3 is 0 Å². The second kappa shape index (κ2) is 9.79. The molecule has 0 unspecified atom stereocenters. The standard InChI is InChI=1S/C25H29N3O4S/c1-16-13-19(14-16)28(15-29)24(30)21-17(2)22(23-26-10-12-32-23)33-25(21)27(3)11-9-18-7-5-6-8-20(18)31-4/h5-8,10,12,15-16,19H,9,11,13-14H2,1-4H3. The lowest BCUT2D eigenvalue weighted by molar-refractivity contribution is -0.119. The molecule has 1 aliphatic carbocycles. The van der Waals surface area contributed by atoms with Crippen LogP contribution in [0.4, 0.5) is 5.00 Å². The van der Waals surface area contributed by atoms with Crippen molar-refractivity contribution in [2.75, 3.05) is 25.6 Å². The summed E-state index contributed by atoms with van der Waals surface area (Å²) in [6.07, 6.45) is 6.23. The normalized spacial score (nSPS) is 17.3. The molecule has 174 valence electrons. The number of ether oxygens (including phenoxy) is 1. The van der Waals surface area contributed by atoms with E-state index in [1.165, 1.54) is 22.5 Å². The highest BCUT2D eigenvalue weighted by Gasteiger charge is 2.37. The summed E-state index contributed by atoms with van der Waals surface area (Å²) in [7, 11) is 3.63. The molecule has 2 aromatic heterocycles. The number of para-hydroxylation sites is 1. The average molecular weight is 468 g/mol. The Hall–Kier alpha value is -3.13. The molecule has 2 heterocycles. The van der Waals surface area contributed by atoms with Crippen LogP contribution in [0.1, 0.15) is 41.3 Å². The molecular formula is C25H29N3O4S. The zero-order valence-electron chi connectivity index (χ0n) is 19.4. The van der Waals surface area contributed by atoms with E-state index < -0.39 is 0 Å². The molecule has 0 aliphatic heterocycles. The SMILES string of the molecule is COc1ccccc1CCN(C)c1sc(-c2ncco2)c(C)c1C(=O)N(C=O)C1CC(C)C1. The van der Waals surface area contributed by atoms with Gasteiger partial charge in [0.05, 0.1) is 23.7 Å². The lowest BCUT2D eigenvalue weighted by Crippen LogP contribution is -2.46. The molecule has 0 radical (unpaired) electrons. The van der Waals surface area contributed by atoms with Gasteiger partial charge in [0.25, 0.3) is 5.91 Å². The number of rotatable bonds is 9. The van der Waals surface area contributed by atoms with E-state index in [4.69, 9.17) is 9.15 Å².